The number of carbonyl (C=O) groups is 1. The monoisotopic (exact) mass is 257 g/mol. The molecule has 0 saturated carbocycles. The number of nitrogens with zero attached hydrogens (tertiary/aromatic N) is 1. The molecule has 1 atom stereocenters. The van der Waals surface area contributed by atoms with Crippen LogP contribution in [0.1, 0.15) is 33.1 Å². The lowest BCUT2D eigenvalue weighted by Crippen LogP contribution is -2.49. The first-order chi connectivity index (χ1) is 8.06. The van der Waals surface area contributed by atoms with Crippen molar-refractivity contribution >= 4 is 23.1 Å². The molecule has 17 heavy (non-hydrogen) atoms. The fourth-order valence-electron chi connectivity index (χ4n) is 2.13. The van der Waals surface area contributed by atoms with Gasteiger partial charge in [-0.1, -0.05) is 19.1 Å². The minimum atomic E-state index is -0.0474. The smallest absolute Gasteiger partial charge is 0.237 e. The van der Waals surface area contributed by atoms with Crippen molar-refractivity contribution in [3.8, 4) is 0 Å². The molecule has 0 bridgehead atoms. The van der Waals surface area contributed by atoms with Crippen molar-refractivity contribution in [2.24, 2.45) is 11.7 Å². The van der Waals surface area contributed by atoms with Crippen LogP contribution in [-0.4, -0.2) is 41.5 Å². The second-order valence-electron chi connectivity index (χ2n) is 4.68. The highest BCUT2D eigenvalue weighted by molar-refractivity contribution is 7.80. The van der Waals surface area contributed by atoms with Gasteiger partial charge in [0.1, 0.15) is 0 Å². The quantitative estimate of drug-likeness (QED) is 0.719. The second-order valence-corrected chi connectivity index (χ2v) is 5.15. The van der Waals surface area contributed by atoms with E-state index < -0.39 is 0 Å². The third-order valence-corrected chi connectivity index (χ3v) is 3.74. The van der Waals surface area contributed by atoms with Gasteiger partial charge in [0.05, 0.1) is 11.0 Å². The number of hydrogen-bond donors (Lipinski definition) is 2. The van der Waals surface area contributed by atoms with Crippen molar-refractivity contribution in [1.82, 2.24) is 10.2 Å². The summed E-state index contributed by atoms with van der Waals surface area (Å²) in [6.07, 6.45) is 2.92. The van der Waals surface area contributed by atoms with E-state index in [9.17, 15) is 4.79 Å². The molecule has 1 fully saturated rings. The van der Waals surface area contributed by atoms with E-state index >= 15 is 0 Å². The van der Waals surface area contributed by atoms with Gasteiger partial charge in [-0.05, 0) is 39.3 Å². The zero-order chi connectivity index (χ0) is 12.8. The SMILES string of the molecule is CCCNC(=O)C(C)N1CCC(C(N)=S)CC1. The van der Waals surface area contributed by atoms with Crippen molar-refractivity contribution in [3.63, 3.8) is 0 Å². The van der Waals surface area contributed by atoms with Crippen LogP contribution in [0.4, 0.5) is 0 Å². The van der Waals surface area contributed by atoms with Gasteiger partial charge >= 0.3 is 0 Å². The van der Waals surface area contributed by atoms with Crippen LogP contribution >= 0.6 is 12.2 Å². The minimum Gasteiger partial charge on any atom is -0.393 e. The lowest BCUT2D eigenvalue weighted by atomic mass is 9.96. The van der Waals surface area contributed by atoms with Gasteiger partial charge in [-0.25, -0.2) is 0 Å². The van der Waals surface area contributed by atoms with Crippen LogP contribution in [0.5, 0.6) is 0 Å². The Balaban J connectivity index is 2.37. The topological polar surface area (TPSA) is 58.4 Å². The standard InChI is InChI=1S/C12H23N3OS/c1-3-6-14-12(16)9(2)15-7-4-10(5-8-15)11(13)17/h9-10H,3-8H2,1-2H3,(H2,13,17)(H,14,16). The molecular weight excluding hydrogens is 234 g/mol. The van der Waals surface area contributed by atoms with Crippen LogP contribution in [-0.2, 0) is 4.79 Å². The van der Waals surface area contributed by atoms with E-state index in [0.29, 0.717) is 10.9 Å². The van der Waals surface area contributed by atoms with E-state index in [1.807, 2.05) is 6.92 Å². The van der Waals surface area contributed by atoms with Crippen LogP contribution in [0.15, 0.2) is 0 Å². The van der Waals surface area contributed by atoms with Gasteiger partial charge in [-0.3, -0.25) is 9.69 Å². The number of thiocarbonyl (C=S) groups is 1. The number of amides is 1. The highest BCUT2D eigenvalue weighted by Crippen LogP contribution is 2.19. The molecule has 0 spiro atoms. The number of piperidine rings is 1. The molecule has 0 aliphatic carbocycles. The molecule has 4 nitrogen and oxygen atoms in total. The summed E-state index contributed by atoms with van der Waals surface area (Å²) >= 11 is 5.01. The number of carbonyl (C=O) groups excluding carboxylic acids is 1. The molecule has 1 aliphatic heterocycles. The van der Waals surface area contributed by atoms with Crippen LogP contribution < -0.4 is 11.1 Å². The molecule has 0 aromatic rings. The van der Waals surface area contributed by atoms with Gasteiger partial charge in [0, 0.05) is 12.5 Å². The van der Waals surface area contributed by atoms with Crippen molar-refractivity contribution in [1.29, 1.82) is 0 Å². The molecular formula is C12H23N3OS. The predicted molar refractivity (Wildman–Crippen MR) is 73.8 cm³/mol. The maximum absolute atomic E-state index is 11.8. The predicted octanol–water partition coefficient (Wildman–Crippen LogP) is 0.899. The Bertz CT molecular complexity index is 275. The molecule has 1 aliphatic rings. The van der Waals surface area contributed by atoms with Gasteiger partial charge in [-0.15, -0.1) is 0 Å². The van der Waals surface area contributed by atoms with Crippen LogP contribution in [0.25, 0.3) is 0 Å². The van der Waals surface area contributed by atoms with E-state index in [1.54, 1.807) is 0 Å². The summed E-state index contributed by atoms with van der Waals surface area (Å²) in [7, 11) is 0. The maximum atomic E-state index is 11.8. The number of likely N-dealkylation sites (tertiary alicyclic amines) is 1. The molecule has 0 aromatic heterocycles. The Morgan fingerprint density at radius 3 is 2.59 bits per heavy atom. The molecule has 1 amide bonds. The summed E-state index contributed by atoms with van der Waals surface area (Å²) in [6.45, 7) is 6.59. The summed E-state index contributed by atoms with van der Waals surface area (Å²) in [6, 6.07) is -0.0474. The van der Waals surface area contributed by atoms with Crippen molar-refractivity contribution in [2.75, 3.05) is 19.6 Å². The Kier molecular flexibility index (Phi) is 5.85. The average molecular weight is 257 g/mol. The Hall–Kier alpha value is -0.680. The highest BCUT2D eigenvalue weighted by Gasteiger charge is 2.27. The van der Waals surface area contributed by atoms with Crippen molar-refractivity contribution in [3.05, 3.63) is 0 Å². The largest absolute Gasteiger partial charge is 0.393 e. The Labute approximate surface area is 109 Å². The normalized spacial score (nSPS) is 19.9. The van der Waals surface area contributed by atoms with Gasteiger partial charge in [0.25, 0.3) is 0 Å². The van der Waals surface area contributed by atoms with Crippen LogP contribution in [0.3, 0.4) is 0 Å². The van der Waals surface area contributed by atoms with Crippen molar-refractivity contribution < 1.29 is 4.79 Å². The van der Waals surface area contributed by atoms with Crippen molar-refractivity contribution in [2.45, 2.75) is 39.2 Å². The number of nitrogens with two attached hydrogens (primary N) is 1. The fourth-order valence-corrected chi connectivity index (χ4v) is 2.37. The number of rotatable bonds is 5. The van der Waals surface area contributed by atoms with E-state index in [2.05, 4.69) is 17.1 Å². The molecule has 1 saturated heterocycles. The highest BCUT2D eigenvalue weighted by atomic mass is 32.1. The maximum Gasteiger partial charge on any atom is 0.237 e. The van der Waals surface area contributed by atoms with Gasteiger partial charge < -0.3 is 11.1 Å². The summed E-state index contributed by atoms with van der Waals surface area (Å²) in [5.74, 6) is 0.479. The molecule has 0 radical (unpaired) electrons. The Morgan fingerprint density at radius 1 is 1.53 bits per heavy atom. The first-order valence-electron chi connectivity index (χ1n) is 6.37. The molecule has 1 rings (SSSR count). The molecule has 0 aromatic carbocycles. The third-order valence-electron chi connectivity index (χ3n) is 3.41. The number of hydrogen-bond acceptors (Lipinski definition) is 3. The first-order valence-corrected chi connectivity index (χ1v) is 6.78. The van der Waals surface area contributed by atoms with Crippen LogP contribution in [0, 0.1) is 5.92 Å². The van der Waals surface area contributed by atoms with Gasteiger partial charge in [0.2, 0.25) is 5.91 Å². The first kappa shape index (κ1) is 14.4. The summed E-state index contributed by atoms with van der Waals surface area (Å²) in [5.41, 5.74) is 5.65. The Morgan fingerprint density at radius 2 is 2.12 bits per heavy atom. The van der Waals surface area contributed by atoms with E-state index in [4.69, 9.17) is 18.0 Å². The molecule has 1 heterocycles. The van der Waals surface area contributed by atoms with Gasteiger partial charge in [-0.2, -0.15) is 0 Å². The minimum absolute atomic E-state index is 0.0474. The summed E-state index contributed by atoms with van der Waals surface area (Å²) < 4.78 is 0. The average Bonchev–Trinajstić information content (AvgIpc) is 2.35. The lowest BCUT2D eigenvalue weighted by Gasteiger charge is -2.34. The number of nitrogens with one attached hydrogen (secondary N) is 1. The summed E-state index contributed by atoms with van der Waals surface area (Å²) in [4.78, 5) is 14.6. The van der Waals surface area contributed by atoms with E-state index in [-0.39, 0.29) is 11.9 Å². The van der Waals surface area contributed by atoms with E-state index in [0.717, 1.165) is 38.9 Å². The second kappa shape index (κ2) is 6.91. The van der Waals surface area contributed by atoms with E-state index in [1.165, 1.54) is 0 Å². The zero-order valence-corrected chi connectivity index (χ0v) is 11.6. The third kappa shape index (κ3) is 4.24. The van der Waals surface area contributed by atoms with Crippen LogP contribution in [0.2, 0.25) is 0 Å². The lowest BCUT2D eigenvalue weighted by molar-refractivity contribution is -0.126. The zero-order valence-electron chi connectivity index (χ0n) is 10.7. The van der Waals surface area contributed by atoms with Gasteiger partial charge in [0.15, 0.2) is 0 Å². The molecule has 1 unspecified atom stereocenters. The molecule has 5 heteroatoms. The molecule has 98 valence electrons. The molecule has 3 N–H and O–H groups in total. The fraction of sp³-hybridized carbons (Fsp3) is 0.833. The summed E-state index contributed by atoms with van der Waals surface area (Å²) in [5, 5.41) is 2.93.